The number of carbonyl (C=O) groups excluding carboxylic acids is 1. The average molecular weight is 361 g/mol. The van der Waals surface area contributed by atoms with Crippen LogP contribution in [-0.4, -0.2) is 15.3 Å². The minimum absolute atomic E-state index is 0.197. The Kier molecular flexibility index (Phi) is 3.32. The number of imidazole rings is 1. The van der Waals surface area contributed by atoms with E-state index in [1.807, 2.05) is 24.3 Å². The molecule has 2 aromatic carbocycles. The summed E-state index contributed by atoms with van der Waals surface area (Å²) in [5.41, 5.74) is 3.45. The molecule has 1 aliphatic carbocycles. The van der Waals surface area contributed by atoms with Crippen LogP contribution in [0.3, 0.4) is 0 Å². The van der Waals surface area contributed by atoms with Crippen LogP contribution in [0.4, 0.5) is 10.3 Å². The molecule has 2 atom stereocenters. The molecule has 0 saturated carbocycles. The van der Waals surface area contributed by atoms with Gasteiger partial charge >= 0.3 is 0 Å². The molecule has 3 aromatic rings. The molecule has 4 nitrogen and oxygen atoms in total. The highest BCUT2D eigenvalue weighted by Gasteiger charge is 2.44. The van der Waals surface area contributed by atoms with Crippen LogP contribution in [0.5, 0.6) is 0 Å². The first-order valence-electron chi connectivity index (χ1n) is 9.18. The smallest absolute Gasteiger partial charge is 0.208 e. The maximum atomic E-state index is 13.5. The monoisotopic (exact) mass is 361 g/mol. The van der Waals surface area contributed by atoms with Crippen molar-refractivity contribution >= 4 is 22.8 Å². The molecular formula is C22H20FN3O. The average Bonchev–Trinajstić information content (AvgIpc) is 2.97. The maximum absolute atomic E-state index is 13.5. The van der Waals surface area contributed by atoms with E-state index in [1.165, 1.54) is 12.1 Å². The van der Waals surface area contributed by atoms with Crippen molar-refractivity contribution in [3.05, 3.63) is 71.7 Å². The highest BCUT2D eigenvalue weighted by atomic mass is 19.1. The number of Topliss-reactive ketones (excluding diaryl/α,β-unsaturated/α-hetero) is 1. The molecule has 2 aliphatic rings. The Labute approximate surface area is 156 Å². The minimum Gasteiger partial charge on any atom is -0.329 e. The van der Waals surface area contributed by atoms with Crippen molar-refractivity contribution in [1.29, 1.82) is 0 Å². The molecule has 0 radical (unpaired) electrons. The number of hydrogen-bond acceptors (Lipinski definition) is 3. The van der Waals surface area contributed by atoms with Gasteiger partial charge in [0.15, 0.2) is 0 Å². The number of rotatable bonds is 1. The van der Waals surface area contributed by atoms with E-state index in [4.69, 9.17) is 4.98 Å². The van der Waals surface area contributed by atoms with Crippen molar-refractivity contribution < 1.29 is 9.18 Å². The summed E-state index contributed by atoms with van der Waals surface area (Å²) < 4.78 is 15.6. The van der Waals surface area contributed by atoms with Crippen LogP contribution >= 0.6 is 0 Å². The number of benzene rings is 2. The van der Waals surface area contributed by atoms with E-state index >= 15 is 0 Å². The van der Waals surface area contributed by atoms with E-state index in [0.29, 0.717) is 6.42 Å². The van der Waals surface area contributed by atoms with Gasteiger partial charge in [-0.15, -0.1) is 0 Å². The summed E-state index contributed by atoms with van der Waals surface area (Å²) in [7, 11) is 0. The molecule has 27 heavy (non-hydrogen) atoms. The van der Waals surface area contributed by atoms with Gasteiger partial charge in [-0.25, -0.2) is 9.37 Å². The predicted molar refractivity (Wildman–Crippen MR) is 103 cm³/mol. The number of ketones is 1. The van der Waals surface area contributed by atoms with Gasteiger partial charge in [-0.05, 0) is 35.2 Å². The Morgan fingerprint density at radius 2 is 1.89 bits per heavy atom. The summed E-state index contributed by atoms with van der Waals surface area (Å²) >= 11 is 0. The molecule has 0 amide bonds. The topological polar surface area (TPSA) is 46.9 Å². The molecule has 1 aromatic heterocycles. The Morgan fingerprint density at radius 1 is 1.15 bits per heavy atom. The summed E-state index contributed by atoms with van der Waals surface area (Å²) in [5.74, 6) is 0.310. The zero-order valence-corrected chi connectivity index (χ0v) is 15.2. The molecule has 5 rings (SSSR count). The minimum atomic E-state index is -0.325. The van der Waals surface area contributed by atoms with Crippen molar-refractivity contribution in [2.45, 2.75) is 26.3 Å². The van der Waals surface area contributed by atoms with E-state index in [9.17, 15) is 9.18 Å². The number of allylic oxidation sites excluding steroid dienone is 2. The van der Waals surface area contributed by atoms with Crippen LogP contribution < -0.4 is 5.32 Å². The standard InChI is InChI=1S/C22H20FN3O/c1-22(2)11-16-19(18(27)12-22)20(13-7-9-14(23)10-8-13)26-17-6-4-3-5-15(17)24-21(26)25-16/h3-11,19-20H,12H2,1-2H3,(H,24,25)/t19-,20-/m1/s1. The molecule has 0 saturated heterocycles. The highest BCUT2D eigenvalue weighted by Crippen LogP contribution is 2.47. The lowest BCUT2D eigenvalue weighted by atomic mass is 9.72. The maximum Gasteiger partial charge on any atom is 0.208 e. The third kappa shape index (κ3) is 2.49. The zero-order chi connectivity index (χ0) is 18.8. The van der Waals surface area contributed by atoms with Gasteiger partial charge in [-0.2, -0.15) is 0 Å². The summed E-state index contributed by atoms with van der Waals surface area (Å²) in [5, 5.41) is 3.40. The Hall–Kier alpha value is -2.95. The van der Waals surface area contributed by atoms with E-state index < -0.39 is 0 Å². The second-order valence-corrected chi connectivity index (χ2v) is 8.12. The molecule has 0 unspecified atom stereocenters. The quantitative estimate of drug-likeness (QED) is 0.684. The lowest BCUT2D eigenvalue weighted by molar-refractivity contribution is -0.124. The van der Waals surface area contributed by atoms with Gasteiger partial charge in [0.25, 0.3) is 0 Å². The fraction of sp³-hybridized carbons (Fsp3) is 0.273. The summed E-state index contributed by atoms with van der Waals surface area (Å²) in [6.45, 7) is 4.14. The van der Waals surface area contributed by atoms with Crippen LogP contribution in [0.2, 0.25) is 0 Å². The summed E-state index contributed by atoms with van der Waals surface area (Å²) in [6, 6.07) is 14.1. The van der Waals surface area contributed by atoms with Crippen molar-refractivity contribution in [3.8, 4) is 0 Å². The van der Waals surface area contributed by atoms with Crippen LogP contribution in [0.25, 0.3) is 11.0 Å². The molecule has 1 aliphatic heterocycles. The van der Waals surface area contributed by atoms with E-state index in [-0.39, 0.29) is 29.0 Å². The fourth-order valence-corrected chi connectivity index (χ4v) is 4.45. The first-order valence-corrected chi connectivity index (χ1v) is 9.18. The molecule has 1 N–H and O–H groups in total. The normalized spacial score (nSPS) is 23.4. The van der Waals surface area contributed by atoms with Crippen molar-refractivity contribution in [1.82, 2.24) is 9.55 Å². The summed E-state index contributed by atoms with van der Waals surface area (Å²) in [6.07, 6.45) is 2.64. The van der Waals surface area contributed by atoms with E-state index in [2.05, 4.69) is 29.8 Å². The second-order valence-electron chi connectivity index (χ2n) is 8.12. The largest absolute Gasteiger partial charge is 0.329 e. The Balaban J connectivity index is 1.79. The summed E-state index contributed by atoms with van der Waals surface area (Å²) in [4.78, 5) is 17.9. The number of nitrogens with one attached hydrogen (secondary N) is 1. The van der Waals surface area contributed by atoms with Crippen LogP contribution in [0.15, 0.2) is 60.3 Å². The Morgan fingerprint density at radius 3 is 2.67 bits per heavy atom. The van der Waals surface area contributed by atoms with Gasteiger partial charge in [0.05, 0.1) is 23.0 Å². The van der Waals surface area contributed by atoms with Gasteiger partial charge in [-0.1, -0.05) is 44.2 Å². The molecule has 0 bridgehead atoms. The van der Waals surface area contributed by atoms with Crippen LogP contribution in [-0.2, 0) is 4.79 Å². The zero-order valence-electron chi connectivity index (χ0n) is 15.2. The first-order chi connectivity index (χ1) is 12.9. The molecular weight excluding hydrogens is 341 g/mol. The molecule has 2 heterocycles. The number of carbonyl (C=O) groups is 1. The van der Waals surface area contributed by atoms with E-state index in [1.54, 1.807) is 12.1 Å². The molecule has 0 spiro atoms. The number of fused-ring (bicyclic) bond motifs is 4. The number of aromatic nitrogens is 2. The highest BCUT2D eigenvalue weighted by molar-refractivity contribution is 5.90. The van der Waals surface area contributed by atoms with Gasteiger partial charge in [0, 0.05) is 12.1 Å². The number of halogens is 1. The predicted octanol–water partition coefficient (Wildman–Crippen LogP) is 4.69. The van der Waals surface area contributed by atoms with Gasteiger partial charge in [0.1, 0.15) is 11.6 Å². The van der Waals surface area contributed by atoms with Gasteiger partial charge in [0.2, 0.25) is 5.95 Å². The third-order valence-corrected chi connectivity index (χ3v) is 5.52. The van der Waals surface area contributed by atoms with E-state index in [0.717, 1.165) is 28.2 Å². The van der Waals surface area contributed by atoms with Crippen LogP contribution in [0, 0.1) is 17.2 Å². The van der Waals surface area contributed by atoms with Crippen molar-refractivity contribution in [2.24, 2.45) is 11.3 Å². The number of para-hydroxylation sites is 2. The van der Waals surface area contributed by atoms with Crippen molar-refractivity contribution in [2.75, 3.05) is 5.32 Å². The number of hydrogen-bond donors (Lipinski definition) is 1. The van der Waals surface area contributed by atoms with Crippen LogP contribution in [0.1, 0.15) is 31.9 Å². The molecule has 5 heteroatoms. The SMILES string of the molecule is CC1(C)C=C2Nc3nc4ccccc4n3[C@H](c3ccc(F)cc3)[C@H]2C(=O)C1. The molecule has 136 valence electrons. The Bertz CT molecular complexity index is 1090. The second kappa shape index (κ2) is 5.52. The van der Waals surface area contributed by atoms with Gasteiger partial charge < -0.3 is 9.88 Å². The third-order valence-electron chi connectivity index (χ3n) is 5.52. The lowest BCUT2D eigenvalue weighted by Crippen LogP contribution is -2.41. The van der Waals surface area contributed by atoms with Gasteiger partial charge in [-0.3, -0.25) is 4.79 Å². The fourth-order valence-electron chi connectivity index (χ4n) is 4.45. The number of nitrogens with zero attached hydrogens (tertiary/aromatic N) is 2. The van der Waals surface area contributed by atoms with Crippen molar-refractivity contribution in [3.63, 3.8) is 0 Å². The molecule has 0 fully saturated rings. The first kappa shape index (κ1) is 16.2. The number of anilines is 1. The lowest BCUT2D eigenvalue weighted by Gasteiger charge is -2.41.